The first kappa shape index (κ1) is 19.4. The lowest BCUT2D eigenvalue weighted by atomic mass is 10.2. The van der Waals surface area contributed by atoms with Gasteiger partial charge in [-0.15, -0.1) is 6.58 Å². The Hall–Kier alpha value is -3.41. The lowest BCUT2D eigenvalue weighted by Crippen LogP contribution is -2.35. The van der Waals surface area contributed by atoms with Crippen LogP contribution in [0.3, 0.4) is 0 Å². The van der Waals surface area contributed by atoms with Crippen LogP contribution in [0.25, 0.3) is 0 Å². The standard InChI is InChI=1S/C22H21F2N3O/c1-2-12-27(22(28)25-20-6-3-5-19(24)14-20)16-21-7-4-13-26(21)15-17-8-10-18(23)11-9-17/h2-11,13-14H,1,12,15-16H2,(H,25,28). The van der Waals surface area contributed by atoms with Crippen molar-refractivity contribution in [1.29, 1.82) is 0 Å². The van der Waals surface area contributed by atoms with Gasteiger partial charge in [-0.3, -0.25) is 0 Å². The Balaban J connectivity index is 1.72. The molecule has 6 heteroatoms. The van der Waals surface area contributed by atoms with Crippen LogP contribution in [-0.4, -0.2) is 22.0 Å². The summed E-state index contributed by atoms with van der Waals surface area (Å²) in [5.41, 5.74) is 2.26. The normalized spacial score (nSPS) is 10.5. The molecule has 0 bridgehead atoms. The van der Waals surface area contributed by atoms with Crippen LogP contribution in [0.5, 0.6) is 0 Å². The monoisotopic (exact) mass is 381 g/mol. The zero-order valence-corrected chi connectivity index (χ0v) is 15.3. The van der Waals surface area contributed by atoms with Gasteiger partial charge in [-0.2, -0.15) is 0 Å². The first-order valence-electron chi connectivity index (χ1n) is 8.86. The summed E-state index contributed by atoms with van der Waals surface area (Å²) in [6.45, 7) is 4.96. The SMILES string of the molecule is C=CCN(Cc1cccn1Cc1ccc(F)cc1)C(=O)Nc1cccc(F)c1. The molecule has 0 aliphatic rings. The molecule has 0 spiro atoms. The van der Waals surface area contributed by atoms with Gasteiger partial charge in [-0.05, 0) is 48.0 Å². The number of urea groups is 1. The van der Waals surface area contributed by atoms with E-state index in [4.69, 9.17) is 0 Å². The number of carbonyl (C=O) groups excluding carboxylic acids is 1. The van der Waals surface area contributed by atoms with Crippen molar-refractivity contribution in [3.8, 4) is 0 Å². The van der Waals surface area contributed by atoms with Gasteiger partial charge >= 0.3 is 6.03 Å². The molecule has 0 aliphatic carbocycles. The smallest absolute Gasteiger partial charge is 0.322 e. The zero-order chi connectivity index (χ0) is 19.9. The van der Waals surface area contributed by atoms with Crippen LogP contribution in [0.15, 0.2) is 79.5 Å². The number of rotatable bonds is 7. The third-order valence-electron chi connectivity index (χ3n) is 4.26. The highest BCUT2D eigenvalue weighted by atomic mass is 19.1. The van der Waals surface area contributed by atoms with E-state index in [2.05, 4.69) is 11.9 Å². The first-order chi connectivity index (χ1) is 13.5. The van der Waals surface area contributed by atoms with Gasteiger partial charge in [-0.1, -0.05) is 24.3 Å². The first-order valence-corrected chi connectivity index (χ1v) is 8.86. The Labute approximate surface area is 162 Å². The Morgan fingerprint density at radius 3 is 2.57 bits per heavy atom. The summed E-state index contributed by atoms with van der Waals surface area (Å²) in [7, 11) is 0. The van der Waals surface area contributed by atoms with Gasteiger partial charge < -0.3 is 14.8 Å². The molecule has 28 heavy (non-hydrogen) atoms. The van der Waals surface area contributed by atoms with Crippen LogP contribution < -0.4 is 5.32 Å². The number of anilines is 1. The molecule has 1 aromatic heterocycles. The molecule has 0 saturated carbocycles. The van der Waals surface area contributed by atoms with Crippen LogP contribution in [-0.2, 0) is 13.1 Å². The number of amides is 2. The second kappa shape index (κ2) is 8.99. The fourth-order valence-electron chi connectivity index (χ4n) is 2.87. The summed E-state index contributed by atoms with van der Waals surface area (Å²) in [6, 6.07) is 15.5. The van der Waals surface area contributed by atoms with Crippen molar-refractivity contribution >= 4 is 11.7 Å². The van der Waals surface area contributed by atoms with E-state index in [1.165, 1.54) is 30.3 Å². The molecule has 0 unspecified atom stereocenters. The molecule has 1 N–H and O–H groups in total. The minimum Gasteiger partial charge on any atom is -0.345 e. The lowest BCUT2D eigenvalue weighted by molar-refractivity contribution is 0.214. The molecule has 1 heterocycles. The molecule has 3 aromatic rings. The largest absolute Gasteiger partial charge is 0.345 e. The van der Waals surface area contributed by atoms with E-state index < -0.39 is 5.82 Å². The van der Waals surface area contributed by atoms with Crippen LogP contribution in [0, 0.1) is 11.6 Å². The van der Waals surface area contributed by atoms with Gasteiger partial charge in [-0.25, -0.2) is 13.6 Å². The summed E-state index contributed by atoms with van der Waals surface area (Å²) in [5.74, 6) is -0.691. The Morgan fingerprint density at radius 1 is 1.07 bits per heavy atom. The topological polar surface area (TPSA) is 37.3 Å². The summed E-state index contributed by atoms with van der Waals surface area (Å²) < 4.78 is 28.5. The van der Waals surface area contributed by atoms with Crippen molar-refractivity contribution in [2.24, 2.45) is 0 Å². The molecule has 3 rings (SSSR count). The van der Waals surface area contributed by atoms with E-state index in [0.29, 0.717) is 25.3 Å². The van der Waals surface area contributed by atoms with Crippen molar-refractivity contribution in [2.45, 2.75) is 13.1 Å². The predicted octanol–water partition coefficient (Wildman–Crippen LogP) is 5.03. The summed E-state index contributed by atoms with van der Waals surface area (Å²) in [6.07, 6.45) is 3.55. The number of nitrogens with one attached hydrogen (secondary N) is 1. The maximum atomic E-state index is 13.3. The summed E-state index contributed by atoms with van der Waals surface area (Å²) in [5, 5.41) is 2.70. The van der Waals surface area contributed by atoms with Crippen molar-refractivity contribution in [3.05, 3.63) is 102 Å². The Morgan fingerprint density at radius 2 is 1.86 bits per heavy atom. The van der Waals surface area contributed by atoms with Crippen LogP contribution in [0.2, 0.25) is 0 Å². The second-order valence-electron chi connectivity index (χ2n) is 6.36. The summed E-state index contributed by atoms with van der Waals surface area (Å²) >= 11 is 0. The van der Waals surface area contributed by atoms with E-state index in [-0.39, 0.29) is 11.8 Å². The van der Waals surface area contributed by atoms with Gasteiger partial charge in [0.2, 0.25) is 0 Å². The molecule has 0 fully saturated rings. The van der Waals surface area contributed by atoms with Gasteiger partial charge in [0.05, 0.1) is 6.54 Å². The molecule has 0 aliphatic heterocycles. The van der Waals surface area contributed by atoms with Gasteiger partial charge in [0.1, 0.15) is 11.6 Å². The quantitative estimate of drug-likeness (QED) is 0.573. The minimum atomic E-state index is -0.416. The highest BCUT2D eigenvalue weighted by Gasteiger charge is 2.15. The molecule has 0 atom stereocenters. The summed E-state index contributed by atoms with van der Waals surface area (Å²) in [4.78, 5) is 14.2. The third-order valence-corrected chi connectivity index (χ3v) is 4.26. The number of benzene rings is 2. The van der Waals surface area contributed by atoms with Crippen molar-refractivity contribution < 1.29 is 13.6 Å². The van der Waals surface area contributed by atoms with E-state index in [1.54, 1.807) is 29.2 Å². The number of nitrogens with zero attached hydrogens (tertiary/aromatic N) is 2. The lowest BCUT2D eigenvalue weighted by Gasteiger charge is -2.23. The zero-order valence-electron chi connectivity index (χ0n) is 15.3. The number of hydrogen-bond donors (Lipinski definition) is 1. The van der Waals surface area contributed by atoms with E-state index in [0.717, 1.165) is 11.3 Å². The highest BCUT2D eigenvalue weighted by Crippen LogP contribution is 2.14. The molecule has 2 aromatic carbocycles. The van der Waals surface area contributed by atoms with E-state index in [1.807, 2.05) is 22.9 Å². The van der Waals surface area contributed by atoms with Crippen LogP contribution in [0.1, 0.15) is 11.3 Å². The van der Waals surface area contributed by atoms with Gasteiger partial charge in [0.25, 0.3) is 0 Å². The molecule has 0 radical (unpaired) electrons. The molecule has 4 nitrogen and oxygen atoms in total. The molecule has 144 valence electrons. The molecular weight excluding hydrogens is 360 g/mol. The fraction of sp³-hybridized carbons (Fsp3) is 0.136. The maximum Gasteiger partial charge on any atom is 0.322 e. The average molecular weight is 381 g/mol. The fourth-order valence-corrected chi connectivity index (χ4v) is 2.87. The number of hydrogen-bond acceptors (Lipinski definition) is 1. The maximum absolute atomic E-state index is 13.3. The van der Waals surface area contributed by atoms with Crippen molar-refractivity contribution in [2.75, 3.05) is 11.9 Å². The highest BCUT2D eigenvalue weighted by molar-refractivity contribution is 5.89. The average Bonchev–Trinajstić information content (AvgIpc) is 3.10. The predicted molar refractivity (Wildman–Crippen MR) is 106 cm³/mol. The Kier molecular flexibility index (Phi) is 6.22. The molecule has 0 saturated heterocycles. The van der Waals surface area contributed by atoms with Gasteiger partial charge in [0.15, 0.2) is 0 Å². The Bertz CT molecular complexity index is 950. The van der Waals surface area contributed by atoms with Crippen LogP contribution >= 0.6 is 0 Å². The number of halogens is 2. The van der Waals surface area contributed by atoms with Gasteiger partial charge in [0, 0.05) is 30.7 Å². The number of aromatic nitrogens is 1. The van der Waals surface area contributed by atoms with Crippen molar-refractivity contribution in [3.63, 3.8) is 0 Å². The van der Waals surface area contributed by atoms with Crippen molar-refractivity contribution in [1.82, 2.24) is 9.47 Å². The second-order valence-corrected chi connectivity index (χ2v) is 6.36. The van der Waals surface area contributed by atoms with E-state index >= 15 is 0 Å². The number of carbonyl (C=O) groups is 1. The molecule has 2 amide bonds. The molecular formula is C22H21F2N3O. The van der Waals surface area contributed by atoms with E-state index in [9.17, 15) is 13.6 Å². The third kappa shape index (κ3) is 5.07. The van der Waals surface area contributed by atoms with Crippen LogP contribution in [0.4, 0.5) is 19.3 Å². The minimum absolute atomic E-state index is 0.275.